The second-order valence-electron chi connectivity index (χ2n) is 4.18. The van der Waals surface area contributed by atoms with E-state index in [1.54, 1.807) is 11.3 Å². The molecule has 0 aliphatic heterocycles. The predicted molar refractivity (Wildman–Crippen MR) is 81.1 cm³/mol. The lowest BCUT2D eigenvalue weighted by molar-refractivity contribution is 0.892. The zero-order valence-electron chi connectivity index (χ0n) is 10.3. The fourth-order valence-corrected chi connectivity index (χ4v) is 2.94. The van der Waals surface area contributed by atoms with Gasteiger partial charge in [-0.15, -0.1) is 11.3 Å². The van der Waals surface area contributed by atoms with E-state index >= 15 is 0 Å². The summed E-state index contributed by atoms with van der Waals surface area (Å²) >= 11 is 5.18. The van der Waals surface area contributed by atoms with Crippen LogP contribution in [0.2, 0.25) is 0 Å². The Bertz CT molecular complexity index is 495. The first-order chi connectivity index (χ1) is 8.69. The number of hydrogen-bond donors (Lipinski definition) is 1. The van der Waals surface area contributed by atoms with E-state index in [9.17, 15) is 0 Å². The predicted octanol–water partition coefficient (Wildman–Crippen LogP) is 3.04. The Morgan fingerprint density at radius 3 is 2.78 bits per heavy atom. The fraction of sp³-hybridized carbons (Fsp3) is 0.308. The zero-order chi connectivity index (χ0) is 13.0. The molecule has 0 unspecified atom stereocenters. The average molecular weight is 326 g/mol. The van der Waals surface area contributed by atoms with Crippen LogP contribution in [0.1, 0.15) is 11.1 Å². The molecular formula is C13H16BrN3S. The molecule has 2 N–H and O–H groups in total. The second-order valence-corrected chi connectivity index (χ2v) is 6.47. The Morgan fingerprint density at radius 2 is 2.22 bits per heavy atom. The van der Waals surface area contributed by atoms with Crippen LogP contribution < -0.4 is 10.6 Å². The van der Waals surface area contributed by atoms with Crippen LogP contribution in [0.25, 0.3) is 0 Å². The molecule has 2 rings (SSSR count). The van der Waals surface area contributed by atoms with Gasteiger partial charge in [0.05, 0.1) is 3.79 Å². The number of aromatic nitrogens is 1. The molecule has 96 valence electrons. The van der Waals surface area contributed by atoms with Crippen LogP contribution >= 0.6 is 27.3 Å². The monoisotopic (exact) mass is 325 g/mol. The van der Waals surface area contributed by atoms with E-state index in [1.807, 2.05) is 12.3 Å². The summed E-state index contributed by atoms with van der Waals surface area (Å²) in [6, 6.07) is 6.28. The quantitative estimate of drug-likeness (QED) is 0.918. The van der Waals surface area contributed by atoms with E-state index in [2.05, 4.69) is 50.4 Å². The van der Waals surface area contributed by atoms with Gasteiger partial charge in [-0.25, -0.2) is 4.98 Å². The summed E-state index contributed by atoms with van der Waals surface area (Å²) in [4.78, 5) is 6.60. The number of pyridine rings is 1. The molecular weight excluding hydrogens is 310 g/mol. The fourth-order valence-electron chi connectivity index (χ4n) is 1.74. The van der Waals surface area contributed by atoms with Crippen molar-refractivity contribution in [3.63, 3.8) is 0 Å². The van der Waals surface area contributed by atoms with Crippen LogP contribution in [0, 0.1) is 0 Å². The van der Waals surface area contributed by atoms with Gasteiger partial charge in [-0.2, -0.15) is 0 Å². The van der Waals surface area contributed by atoms with Crippen molar-refractivity contribution in [1.29, 1.82) is 0 Å². The van der Waals surface area contributed by atoms with Crippen molar-refractivity contribution < 1.29 is 0 Å². The Labute approximate surface area is 120 Å². The Hall–Kier alpha value is -0.910. The highest BCUT2D eigenvalue weighted by Crippen LogP contribution is 2.22. The lowest BCUT2D eigenvalue weighted by atomic mass is 10.2. The van der Waals surface area contributed by atoms with E-state index in [0.717, 1.165) is 22.6 Å². The van der Waals surface area contributed by atoms with Gasteiger partial charge in [0.15, 0.2) is 0 Å². The number of nitrogens with two attached hydrogens (primary N) is 1. The lowest BCUT2D eigenvalue weighted by Gasteiger charge is -2.17. The van der Waals surface area contributed by atoms with Crippen molar-refractivity contribution in [2.75, 3.05) is 18.5 Å². The van der Waals surface area contributed by atoms with E-state index in [-0.39, 0.29) is 0 Å². The van der Waals surface area contributed by atoms with Gasteiger partial charge in [0.1, 0.15) is 5.82 Å². The highest BCUT2D eigenvalue weighted by atomic mass is 79.9. The zero-order valence-corrected chi connectivity index (χ0v) is 12.7. The number of halogens is 1. The van der Waals surface area contributed by atoms with Gasteiger partial charge in [0.25, 0.3) is 0 Å². The lowest BCUT2D eigenvalue weighted by Crippen LogP contribution is -2.17. The second kappa shape index (κ2) is 6.31. The van der Waals surface area contributed by atoms with Crippen molar-refractivity contribution >= 4 is 33.1 Å². The maximum Gasteiger partial charge on any atom is 0.128 e. The van der Waals surface area contributed by atoms with Crippen molar-refractivity contribution in [3.05, 3.63) is 44.7 Å². The molecule has 3 nitrogen and oxygen atoms in total. The largest absolute Gasteiger partial charge is 0.355 e. The van der Waals surface area contributed by atoms with Crippen molar-refractivity contribution in [2.45, 2.75) is 13.0 Å². The number of anilines is 1. The van der Waals surface area contributed by atoms with E-state index in [0.29, 0.717) is 6.54 Å². The summed E-state index contributed by atoms with van der Waals surface area (Å²) in [7, 11) is 2.05. The number of thiophene rings is 1. The van der Waals surface area contributed by atoms with Crippen LogP contribution in [0.3, 0.4) is 0 Å². The van der Waals surface area contributed by atoms with Crippen molar-refractivity contribution in [3.8, 4) is 0 Å². The molecule has 0 aliphatic carbocycles. The number of rotatable bonds is 5. The van der Waals surface area contributed by atoms with Gasteiger partial charge in [-0.05, 0) is 57.5 Å². The highest BCUT2D eigenvalue weighted by molar-refractivity contribution is 9.11. The SMILES string of the molecule is CN(Cc1csc(Br)c1)c1ccc(CCN)cn1. The van der Waals surface area contributed by atoms with Gasteiger partial charge in [-0.1, -0.05) is 6.07 Å². The first kappa shape index (κ1) is 13.5. The number of nitrogens with zero attached hydrogens (tertiary/aromatic N) is 2. The van der Waals surface area contributed by atoms with Gasteiger partial charge in [-0.3, -0.25) is 0 Å². The maximum atomic E-state index is 5.52. The topological polar surface area (TPSA) is 42.1 Å². The first-order valence-electron chi connectivity index (χ1n) is 5.78. The first-order valence-corrected chi connectivity index (χ1v) is 7.45. The highest BCUT2D eigenvalue weighted by Gasteiger charge is 2.05. The number of hydrogen-bond acceptors (Lipinski definition) is 4. The molecule has 18 heavy (non-hydrogen) atoms. The summed E-state index contributed by atoms with van der Waals surface area (Å²) < 4.78 is 1.16. The minimum atomic E-state index is 0.666. The van der Waals surface area contributed by atoms with Gasteiger partial charge >= 0.3 is 0 Å². The normalized spacial score (nSPS) is 10.6. The molecule has 0 bridgehead atoms. The third-order valence-electron chi connectivity index (χ3n) is 2.67. The van der Waals surface area contributed by atoms with Crippen LogP contribution in [0.15, 0.2) is 33.6 Å². The third-order valence-corrected chi connectivity index (χ3v) is 4.23. The average Bonchev–Trinajstić information content (AvgIpc) is 2.76. The summed E-state index contributed by atoms with van der Waals surface area (Å²) in [5.41, 5.74) is 8.00. The smallest absolute Gasteiger partial charge is 0.128 e. The Balaban J connectivity index is 2.02. The van der Waals surface area contributed by atoms with Crippen LogP contribution in [0.4, 0.5) is 5.82 Å². The molecule has 0 aliphatic rings. The third kappa shape index (κ3) is 3.54. The molecule has 0 saturated carbocycles. The molecule has 2 aromatic heterocycles. The van der Waals surface area contributed by atoms with Gasteiger partial charge in [0, 0.05) is 19.8 Å². The van der Waals surface area contributed by atoms with Crippen LogP contribution in [-0.2, 0) is 13.0 Å². The van der Waals surface area contributed by atoms with E-state index in [4.69, 9.17) is 5.73 Å². The summed E-state index contributed by atoms with van der Waals surface area (Å²) in [6.07, 6.45) is 2.79. The molecule has 0 radical (unpaired) electrons. The van der Waals surface area contributed by atoms with E-state index < -0.39 is 0 Å². The minimum absolute atomic E-state index is 0.666. The van der Waals surface area contributed by atoms with E-state index in [1.165, 1.54) is 11.1 Å². The molecule has 0 atom stereocenters. The standard InChI is InChI=1S/C13H16BrN3S/c1-17(8-11-6-12(14)18-9-11)13-3-2-10(4-5-15)7-16-13/h2-3,6-7,9H,4-5,8,15H2,1H3. The van der Waals surface area contributed by atoms with Crippen LogP contribution in [-0.4, -0.2) is 18.6 Å². The maximum absolute atomic E-state index is 5.52. The summed E-state index contributed by atoms with van der Waals surface area (Å²) in [5, 5.41) is 2.16. The van der Waals surface area contributed by atoms with Crippen molar-refractivity contribution in [2.24, 2.45) is 5.73 Å². The van der Waals surface area contributed by atoms with Crippen LogP contribution in [0.5, 0.6) is 0 Å². The molecule has 2 aromatic rings. The molecule has 0 saturated heterocycles. The van der Waals surface area contributed by atoms with Gasteiger partial charge in [0.2, 0.25) is 0 Å². The Kier molecular flexibility index (Phi) is 4.74. The molecule has 0 amide bonds. The minimum Gasteiger partial charge on any atom is -0.355 e. The van der Waals surface area contributed by atoms with Crippen molar-refractivity contribution in [1.82, 2.24) is 4.98 Å². The molecule has 0 fully saturated rings. The summed E-state index contributed by atoms with van der Waals surface area (Å²) in [5.74, 6) is 0.984. The molecule has 0 spiro atoms. The van der Waals surface area contributed by atoms with Gasteiger partial charge < -0.3 is 10.6 Å². The molecule has 0 aromatic carbocycles. The Morgan fingerprint density at radius 1 is 1.39 bits per heavy atom. The molecule has 5 heteroatoms. The molecule has 2 heterocycles. The summed E-state index contributed by atoms with van der Waals surface area (Å²) in [6.45, 7) is 1.53.